The first-order chi connectivity index (χ1) is 9.19. The molecule has 0 bridgehead atoms. The number of hydrogen-bond acceptors (Lipinski definition) is 4. The normalized spacial score (nSPS) is 26.9. The van der Waals surface area contributed by atoms with Crippen molar-refractivity contribution in [1.29, 1.82) is 0 Å². The van der Waals surface area contributed by atoms with Crippen LogP contribution in [0.15, 0.2) is 30.3 Å². The van der Waals surface area contributed by atoms with Crippen molar-refractivity contribution >= 4 is 5.97 Å². The molecular weight excluding hydrogens is 244 g/mol. The Morgan fingerprint density at radius 3 is 2.74 bits per heavy atom. The van der Waals surface area contributed by atoms with Gasteiger partial charge < -0.3 is 14.2 Å². The van der Waals surface area contributed by atoms with E-state index in [4.69, 9.17) is 14.2 Å². The second-order valence-electron chi connectivity index (χ2n) is 4.69. The molecule has 1 aliphatic rings. The molecule has 3 atom stereocenters. The lowest BCUT2D eigenvalue weighted by Crippen LogP contribution is -2.34. The van der Waals surface area contributed by atoms with Crippen LogP contribution in [0.2, 0.25) is 0 Å². The van der Waals surface area contributed by atoms with Crippen LogP contribution >= 0.6 is 0 Å². The van der Waals surface area contributed by atoms with E-state index in [2.05, 4.69) is 0 Å². The lowest BCUT2D eigenvalue weighted by Gasteiger charge is -2.34. The fourth-order valence-electron chi connectivity index (χ4n) is 2.20. The molecule has 0 amide bonds. The van der Waals surface area contributed by atoms with Gasteiger partial charge in [0.15, 0.2) is 6.29 Å². The predicted octanol–water partition coefficient (Wildman–Crippen LogP) is 2.83. The van der Waals surface area contributed by atoms with E-state index < -0.39 is 6.29 Å². The molecule has 2 rings (SSSR count). The number of carbonyl (C=O) groups excluding carboxylic acids is 1. The monoisotopic (exact) mass is 264 g/mol. The van der Waals surface area contributed by atoms with E-state index in [-0.39, 0.29) is 24.6 Å². The Labute approximate surface area is 113 Å². The quantitative estimate of drug-likeness (QED) is 0.784. The summed E-state index contributed by atoms with van der Waals surface area (Å²) in [6, 6.07) is 9.77. The summed E-state index contributed by atoms with van der Waals surface area (Å²) in [5.41, 5.74) is 0.975. The SMILES string of the molecule is CCOC(=O)C[C@@H]1C[C@H](C)OC(c2ccccc2)O1. The van der Waals surface area contributed by atoms with E-state index in [9.17, 15) is 4.79 Å². The van der Waals surface area contributed by atoms with Gasteiger partial charge in [0.2, 0.25) is 0 Å². The maximum Gasteiger partial charge on any atom is 0.308 e. The molecule has 1 unspecified atom stereocenters. The Morgan fingerprint density at radius 1 is 1.32 bits per heavy atom. The molecule has 4 heteroatoms. The molecule has 19 heavy (non-hydrogen) atoms. The van der Waals surface area contributed by atoms with Crippen molar-refractivity contribution in [3.8, 4) is 0 Å². The van der Waals surface area contributed by atoms with Crippen LogP contribution in [0.3, 0.4) is 0 Å². The summed E-state index contributed by atoms with van der Waals surface area (Å²) in [6.45, 7) is 4.20. The van der Waals surface area contributed by atoms with E-state index in [0.29, 0.717) is 13.0 Å². The van der Waals surface area contributed by atoms with Crippen LogP contribution in [-0.4, -0.2) is 24.8 Å². The summed E-state index contributed by atoms with van der Waals surface area (Å²) >= 11 is 0. The van der Waals surface area contributed by atoms with Crippen molar-refractivity contribution in [2.45, 2.75) is 45.2 Å². The summed E-state index contributed by atoms with van der Waals surface area (Å²) in [7, 11) is 0. The van der Waals surface area contributed by atoms with E-state index >= 15 is 0 Å². The smallest absolute Gasteiger partial charge is 0.308 e. The zero-order valence-electron chi connectivity index (χ0n) is 11.4. The first kappa shape index (κ1) is 14.0. The molecule has 1 aromatic carbocycles. The Bertz CT molecular complexity index is 404. The molecule has 0 spiro atoms. The Balaban J connectivity index is 1.98. The number of hydrogen-bond donors (Lipinski definition) is 0. The van der Waals surface area contributed by atoms with E-state index in [0.717, 1.165) is 5.56 Å². The summed E-state index contributed by atoms with van der Waals surface area (Å²) < 4.78 is 16.6. The van der Waals surface area contributed by atoms with Crippen molar-refractivity contribution in [3.63, 3.8) is 0 Å². The molecular formula is C15H20O4. The Kier molecular flexibility index (Phi) is 4.93. The van der Waals surface area contributed by atoms with Crippen LogP contribution in [0.4, 0.5) is 0 Å². The fraction of sp³-hybridized carbons (Fsp3) is 0.533. The second-order valence-corrected chi connectivity index (χ2v) is 4.69. The van der Waals surface area contributed by atoms with Crippen LogP contribution in [-0.2, 0) is 19.0 Å². The summed E-state index contributed by atoms with van der Waals surface area (Å²) in [4.78, 5) is 11.5. The third-order valence-electron chi connectivity index (χ3n) is 3.04. The minimum atomic E-state index is -0.399. The molecule has 1 fully saturated rings. The summed E-state index contributed by atoms with van der Waals surface area (Å²) in [5, 5.41) is 0. The minimum Gasteiger partial charge on any atom is -0.466 e. The average Bonchev–Trinajstić information content (AvgIpc) is 2.39. The van der Waals surface area contributed by atoms with Gasteiger partial charge in [-0.2, -0.15) is 0 Å². The zero-order valence-corrected chi connectivity index (χ0v) is 11.4. The van der Waals surface area contributed by atoms with E-state index in [1.165, 1.54) is 0 Å². The lowest BCUT2D eigenvalue weighted by molar-refractivity contribution is -0.245. The molecule has 1 saturated heterocycles. The average molecular weight is 264 g/mol. The molecule has 0 aromatic heterocycles. The molecule has 0 saturated carbocycles. The van der Waals surface area contributed by atoms with Crippen molar-refractivity contribution < 1.29 is 19.0 Å². The topological polar surface area (TPSA) is 44.8 Å². The largest absolute Gasteiger partial charge is 0.466 e. The van der Waals surface area contributed by atoms with E-state index in [1.54, 1.807) is 6.92 Å². The maximum absolute atomic E-state index is 11.5. The van der Waals surface area contributed by atoms with Gasteiger partial charge in [0.05, 0.1) is 25.2 Å². The van der Waals surface area contributed by atoms with Crippen LogP contribution in [0, 0.1) is 0 Å². The number of esters is 1. The van der Waals surface area contributed by atoms with Gasteiger partial charge >= 0.3 is 5.97 Å². The standard InChI is InChI=1S/C15H20O4/c1-3-17-14(16)10-13-9-11(2)18-15(19-13)12-7-5-4-6-8-12/h4-8,11,13,15H,3,9-10H2,1-2H3/t11-,13-,15?/m0/s1. The molecule has 104 valence electrons. The molecule has 0 N–H and O–H groups in total. The van der Waals surface area contributed by atoms with Gasteiger partial charge in [0.25, 0.3) is 0 Å². The van der Waals surface area contributed by atoms with Crippen LogP contribution < -0.4 is 0 Å². The van der Waals surface area contributed by atoms with Gasteiger partial charge in [-0.3, -0.25) is 4.79 Å². The minimum absolute atomic E-state index is 0.0679. The van der Waals surface area contributed by atoms with Gasteiger partial charge in [0, 0.05) is 12.0 Å². The van der Waals surface area contributed by atoms with Gasteiger partial charge in [-0.05, 0) is 13.8 Å². The number of carbonyl (C=O) groups is 1. The highest BCUT2D eigenvalue weighted by atomic mass is 16.7. The van der Waals surface area contributed by atoms with Gasteiger partial charge in [-0.1, -0.05) is 30.3 Å². The highest BCUT2D eigenvalue weighted by Crippen LogP contribution is 2.30. The number of benzene rings is 1. The molecule has 1 aliphatic heterocycles. The molecule has 0 radical (unpaired) electrons. The zero-order chi connectivity index (χ0) is 13.7. The third kappa shape index (κ3) is 4.04. The highest BCUT2D eigenvalue weighted by Gasteiger charge is 2.30. The van der Waals surface area contributed by atoms with Crippen molar-refractivity contribution in [3.05, 3.63) is 35.9 Å². The molecule has 1 aromatic rings. The lowest BCUT2D eigenvalue weighted by atomic mass is 10.1. The summed E-state index contributed by atoms with van der Waals surface area (Å²) in [6.07, 6.45) is 0.517. The number of rotatable bonds is 4. The highest BCUT2D eigenvalue weighted by molar-refractivity contribution is 5.69. The first-order valence-electron chi connectivity index (χ1n) is 6.70. The van der Waals surface area contributed by atoms with Crippen molar-refractivity contribution in [2.75, 3.05) is 6.61 Å². The van der Waals surface area contributed by atoms with Gasteiger partial charge in [-0.25, -0.2) is 0 Å². The van der Waals surface area contributed by atoms with Crippen LogP contribution in [0.1, 0.15) is 38.5 Å². The fourth-order valence-corrected chi connectivity index (χ4v) is 2.20. The first-order valence-corrected chi connectivity index (χ1v) is 6.70. The van der Waals surface area contributed by atoms with Gasteiger partial charge in [-0.15, -0.1) is 0 Å². The van der Waals surface area contributed by atoms with Crippen LogP contribution in [0.25, 0.3) is 0 Å². The molecule has 0 aliphatic carbocycles. The molecule has 1 heterocycles. The number of ether oxygens (including phenoxy) is 3. The van der Waals surface area contributed by atoms with Crippen LogP contribution in [0.5, 0.6) is 0 Å². The second kappa shape index (κ2) is 6.68. The van der Waals surface area contributed by atoms with Crippen molar-refractivity contribution in [2.24, 2.45) is 0 Å². The Morgan fingerprint density at radius 2 is 2.05 bits per heavy atom. The molecule has 4 nitrogen and oxygen atoms in total. The summed E-state index contributed by atoms with van der Waals surface area (Å²) in [5.74, 6) is -0.214. The maximum atomic E-state index is 11.5. The van der Waals surface area contributed by atoms with Gasteiger partial charge in [0.1, 0.15) is 0 Å². The van der Waals surface area contributed by atoms with Crippen molar-refractivity contribution in [1.82, 2.24) is 0 Å². The predicted molar refractivity (Wildman–Crippen MR) is 70.5 cm³/mol. The van der Waals surface area contributed by atoms with E-state index in [1.807, 2.05) is 37.3 Å². The Hall–Kier alpha value is -1.39. The third-order valence-corrected chi connectivity index (χ3v) is 3.04.